The van der Waals surface area contributed by atoms with E-state index < -0.39 is 11.6 Å². The normalized spacial score (nSPS) is 26.4. The van der Waals surface area contributed by atoms with Crippen molar-refractivity contribution in [3.63, 3.8) is 0 Å². The highest BCUT2D eigenvalue weighted by Gasteiger charge is 2.30. The lowest BCUT2D eigenvalue weighted by Gasteiger charge is -2.37. The summed E-state index contributed by atoms with van der Waals surface area (Å²) in [6.45, 7) is 4.97. The zero-order chi connectivity index (χ0) is 22.8. The molecule has 0 N–H and O–H groups in total. The standard InChI is InChI=1S/C28H42F2O2/c1-3-5-19-31-25-17-18-26(28(30)27(25)29)32-20-6-8-22-11-15-24(16-12-22)23-13-9-21(7-4-2)10-14-23/h6,8,17-18,21-24H,3-5,7,9-16,19-20H2,1-2H3/b8-6+. The van der Waals surface area contributed by atoms with Crippen LogP contribution >= 0.6 is 0 Å². The van der Waals surface area contributed by atoms with Crippen molar-refractivity contribution in [3.8, 4) is 11.5 Å². The number of hydrogen-bond acceptors (Lipinski definition) is 2. The van der Waals surface area contributed by atoms with Gasteiger partial charge in [-0.25, -0.2) is 0 Å². The molecule has 2 aliphatic carbocycles. The molecule has 1 aromatic rings. The van der Waals surface area contributed by atoms with Gasteiger partial charge in [-0.3, -0.25) is 0 Å². The number of hydrogen-bond donors (Lipinski definition) is 0. The summed E-state index contributed by atoms with van der Waals surface area (Å²) in [7, 11) is 0. The van der Waals surface area contributed by atoms with E-state index in [0.29, 0.717) is 12.5 Å². The maximum atomic E-state index is 14.2. The first-order valence-electron chi connectivity index (χ1n) is 13.0. The Bertz CT molecular complexity index is 702. The van der Waals surface area contributed by atoms with Crippen molar-refractivity contribution < 1.29 is 18.3 Å². The smallest absolute Gasteiger partial charge is 0.204 e. The predicted molar refractivity (Wildman–Crippen MR) is 127 cm³/mol. The lowest BCUT2D eigenvalue weighted by atomic mass is 9.69. The van der Waals surface area contributed by atoms with Crippen molar-refractivity contribution >= 4 is 0 Å². The highest BCUT2D eigenvalue weighted by atomic mass is 19.2. The van der Waals surface area contributed by atoms with Crippen molar-refractivity contribution in [3.05, 3.63) is 35.9 Å². The van der Waals surface area contributed by atoms with Crippen LogP contribution in [0.2, 0.25) is 0 Å². The first kappa shape index (κ1) is 25.1. The van der Waals surface area contributed by atoms with Crippen LogP contribution in [0.5, 0.6) is 11.5 Å². The summed E-state index contributed by atoms with van der Waals surface area (Å²) in [5, 5.41) is 0. The molecule has 32 heavy (non-hydrogen) atoms. The SMILES string of the molecule is CCCCOc1ccc(OC/C=C/C2CCC(C3CCC(CCC)CC3)CC2)c(F)c1F. The van der Waals surface area contributed by atoms with Crippen molar-refractivity contribution in [2.45, 2.75) is 90.9 Å². The molecule has 0 heterocycles. The quantitative estimate of drug-likeness (QED) is 0.249. The highest BCUT2D eigenvalue weighted by molar-refractivity contribution is 5.35. The van der Waals surface area contributed by atoms with E-state index in [-0.39, 0.29) is 18.1 Å². The van der Waals surface area contributed by atoms with Crippen LogP contribution in [-0.2, 0) is 0 Å². The molecule has 0 saturated heterocycles. The van der Waals surface area contributed by atoms with Gasteiger partial charge in [0.1, 0.15) is 6.61 Å². The molecule has 2 saturated carbocycles. The molecular formula is C28H42F2O2. The predicted octanol–water partition coefficient (Wildman–Crippen LogP) is 8.49. The second-order valence-electron chi connectivity index (χ2n) is 9.88. The monoisotopic (exact) mass is 448 g/mol. The lowest BCUT2D eigenvalue weighted by Crippen LogP contribution is -2.25. The van der Waals surface area contributed by atoms with E-state index >= 15 is 0 Å². The van der Waals surface area contributed by atoms with Gasteiger partial charge in [-0.05, 0) is 80.8 Å². The fourth-order valence-electron chi connectivity index (χ4n) is 5.61. The third kappa shape index (κ3) is 7.22. The number of unbranched alkanes of at least 4 members (excludes halogenated alkanes) is 1. The number of allylic oxidation sites excluding steroid dienone is 1. The molecule has 3 rings (SSSR count). The van der Waals surface area contributed by atoms with Crippen molar-refractivity contribution in [1.29, 1.82) is 0 Å². The van der Waals surface area contributed by atoms with Gasteiger partial charge in [-0.2, -0.15) is 8.78 Å². The second-order valence-corrected chi connectivity index (χ2v) is 9.88. The van der Waals surface area contributed by atoms with Crippen LogP contribution in [0.15, 0.2) is 24.3 Å². The van der Waals surface area contributed by atoms with Crippen LogP contribution in [-0.4, -0.2) is 13.2 Å². The largest absolute Gasteiger partial charge is 0.490 e. The van der Waals surface area contributed by atoms with Gasteiger partial charge in [0.05, 0.1) is 6.61 Å². The van der Waals surface area contributed by atoms with E-state index in [1.165, 1.54) is 76.3 Å². The topological polar surface area (TPSA) is 18.5 Å². The Hall–Kier alpha value is -1.58. The minimum Gasteiger partial charge on any atom is -0.490 e. The van der Waals surface area contributed by atoms with Gasteiger partial charge in [0.15, 0.2) is 11.5 Å². The molecule has 4 heteroatoms. The zero-order valence-electron chi connectivity index (χ0n) is 20.1. The van der Waals surface area contributed by atoms with E-state index in [2.05, 4.69) is 13.0 Å². The van der Waals surface area contributed by atoms with E-state index in [9.17, 15) is 8.78 Å². The summed E-state index contributed by atoms with van der Waals surface area (Å²) in [5.74, 6) is 1.38. The van der Waals surface area contributed by atoms with E-state index in [1.54, 1.807) is 0 Å². The number of rotatable bonds is 11. The summed E-state index contributed by atoms with van der Waals surface area (Å²) >= 11 is 0. The molecule has 2 fully saturated rings. The average molecular weight is 449 g/mol. The Morgan fingerprint density at radius 1 is 0.812 bits per heavy atom. The van der Waals surface area contributed by atoms with Gasteiger partial charge >= 0.3 is 0 Å². The first-order chi connectivity index (χ1) is 15.6. The van der Waals surface area contributed by atoms with Crippen molar-refractivity contribution in [1.82, 2.24) is 0 Å². The molecule has 0 aromatic heterocycles. The molecule has 0 atom stereocenters. The van der Waals surface area contributed by atoms with E-state index in [1.807, 2.05) is 13.0 Å². The first-order valence-corrected chi connectivity index (χ1v) is 13.0. The molecule has 0 radical (unpaired) electrons. The van der Waals surface area contributed by atoms with Crippen molar-refractivity contribution in [2.75, 3.05) is 13.2 Å². The number of ether oxygens (including phenoxy) is 2. The Balaban J connectivity index is 1.37. The third-order valence-electron chi connectivity index (χ3n) is 7.58. The molecular weight excluding hydrogens is 406 g/mol. The second kappa shape index (κ2) is 13.2. The molecule has 180 valence electrons. The number of benzene rings is 1. The minimum atomic E-state index is -0.971. The zero-order valence-corrected chi connectivity index (χ0v) is 20.1. The summed E-state index contributed by atoms with van der Waals surface area (Å²) in [6, 6.07) is 2.90. The van der Waals surface area contributed by atoms with Gasteiger partial charge in [0.25, 0.3) is 0 Å². The Morgan fingerprint density at radius 2 is 1.41 bits per heavy atom. The van der Waals surface area contributed by atoms with Crippen LogP contribution in [0, 0.1) is 35.3 Å². The molecule has 0 aliphatic heterocycles. The molecule has 2 nitrogen and oxygen atoms in total. The van der Waals surface area contributed by atoms with Crippen LogP contribution < -0.4 is 9.47 Å². The van der Waals surface area contributed by atoms with Gasteiger partial charge in [-0.15, -0.1) is 0 Å². The average Bonchev–Trinajstić information content (AvgIpc) is 2.82. The lowest BCUT2D eigenvalue weighted by molar-refractivity contribution is 0.152. The molecule has 0 amide bonds. The molecule has 2 aliphatic rings. The maximum absolute atomic E-state index is 14.2. The molecule has 1 aromatic carbocycles. The van der Waals surface area contributed by atoms with Gasteiger partial charge < -0.3 is 9.47 Å². The molecule has 0 bridgehead atoms. The third-order valence-corrected chi connectivity index (χ3v) is 7.58. The summed E-state index contributed by atoms with van der Waals surface area (Å²) in [6.07, 6.45) is 19.6. The van der Waals surface area contributed by atoms with Gasteiger partial charge in [-0.1, -0.05) is 58.1 Å². The maximum Gasteiger partial charge on any atom is 0.204 e. The Kier molecular flexibility index (Phi) is 10.3. The molecule has 0 spiro atoms. The Morgan fingerprint density at radius 3 is 2.00 bits per heavy atom. The van der Waals surface area contributed by atoms with Crippen LogP contribution in [0.4, 0.5) is 8.78 Å². The summed E-state index contributed by atoms with van der Waals surface area (Å²) < 4.78 is 39.2. The number of halogens is 2. The van der Waals surface area contributed by atoms with Crippen LogP contribution in [0.25, 0.3) is 0 Å². The van der Waals surface area contributed by atoms with Crippen molar-refractivity contribution in [2.24, 2.45) is 23.7 Å². The van der Waals surface area contributed by atoms with E-state index in [4.69, 9.17) is 9.47 Å². The summed E-state index contributed by atoms with van der Waals surface area (Å²) in [5.41, 5.74) is 0. The Labute approximate surface area is 193 Å². The van der Waals surface area contributed by atoms with Crippen LogP contribution in [0.3, 0.4) is 0 Å². The van der Waals surface area contributed by atoms with E-state index in [0.717, 1.165) is 30.6 Å². The van der Waals surface area contributed by atoms with Crippen LogP contribution in [0.1, 0.15) is 90.9 Å². The fraction of sp³-hybridized carbons (Fsp3) is 0.714. The summed E-state index contributed by atoms with van der Waals surface area (Å²) in [4.78, 5) is 0. The molecule has 0 unspecified atom stereocenters. The van der Waals surface area contributed by atoms with Gasteiger partial charge in [0.2, 0.25) is 11.6 Å². The highest BCUT2D eigenvalue weighted by Crippen LogP contribution is 2.42. The fourth-order valence-corrected chi connectivity index (χ4v) is 5.61. The van der Waals surface area contributed by atoms with Gasteiger partial charge in [0, 0.05) is 0 Å². The minimum absolute atomic E-state index is 0.0468.